The van der Waals surface area contributed by atoms with Gasteiger partial charge in [-0.15, -0.1) is 0 Å². The van der Waals surface area contributed by atoms with Gasteiger partial charge in [0.05, 0.1) is 19.3 Å². The van der Waals surface area contributed by atoms with E-state index in [-0.39, 0.29) is 17.9 Å². The van der Waals surface area contributed by atoms with E-state index < -0.39 is 11.9 Å². The van der Waals surface area contributed by atoms with Crippen LogP contribution < -0.4 is 0 Å². The molecule has 18 heavy (non-hydrogen) atoms. The Morgan fingerprint density at radius 2 is 2.17 bits per heavy atom. The SMILES string of the molecule is C=CC(=O)OCCc1ccc(O)cc1C(=O)OC. The van der Waals surface area contributed by atoms with Gasteiger partial charge in [-0.25, -0.2) is 9.59 Å². The van der Waals surface area contributed by atoms with Crippen LogP contribution in [0.5, 0.6) is 5.75 Å². The quantitative estimate of drug-likeness (QED) is 0.632. The highest BCUT2D eigenvalue weighted by molar-refractivity contribution is 5.91. The first-order valence-electron chi connectivity index (χ1n) is 5.28. The summed E-state index contributed by atoms with van der Waals surface area (Å²) in [6, 6.07) is 4.36. The number of hydrogen-bond donors (Lipinski definition) is 1. The Balaban J connectivity index is 2.78. The number of carbonyl (C=O) groups excluding carboxylic acids is 2. The third-order valence-electron chi connectivity index (χ3n) is 2.28. The number of ether oxygens (including phenoxy) is 2. The molecule has 0 fully saturated rings. The van der Waals surface area contributed by atoms with E-state index >= 15 is 0 Å². The van der Waals surface area contributed by atoms with Crippen molar-refractivity contribution in [3.63, 3.8) is 0 Å². The third kappa shape index (κ3) is 3.62. The smallest absolute Gasteiger partial charge is 0.338 e. The van der Waals surface area contributed by atoms with Gasteiger partial charge in [0.25, 0.3) is 0 Å². The van der Waals surface area contributed by atoms with Crippen molar-refractivity contribution in [2.75, 3.05) is 13.7 Å². The van der Waals surface area contributed by atoms with Gasteiger partial charge >= 0.3 is 11.9 Å². The fraction of sp³-hybridized carbons (Fsp3) is 0.231. The molecule has 5 nitrogen and oxygen atoms in total. The van der Waals surface area contributed by atoms with Crippen LogP contribution in [0.1, 0.15) is 15.9 Å². The average molecular weight is 250 g/mol. The molecule has 0 amide bonds. The number of carbonyl (C=O) groups is 2. The first-order chi connectivity index (χ1) is 8.58. The van der Waals surface area contributed by atoms with E-state index in [2.05, 4.69) is 11.3 Å². The van der Waals surface area contributed by atoms with E-state index in [9.17, 15) is 14.7 Å². The van der Waals surface area contributed by atoms with Gasteiger partial charge in [0.15, 0.2) is 0 Å². The first-order valence-corrected chi connectivity index (χ1v) is 5.28. The molecule has 0 aliphatic heterocycles. The summed E-state index contributed by atoms with van der Waals surface area (Å²) in [5.41, 5.74) is 0.892. The normalized spacial score (nSPS) is 9.61. The largest absolute Gasteiger partial charge is 0.508 e. The van der Waals surface area contributed by atoms with E-state index in [1.54, 1.807) is 6.07 Å². The molecule has 0 heterocycles. The maximum Gasteiger partial charge on any atom is 0.338 e. The third-order valence-corrected chi connectivity index (χ3v) is 2.28. The molecule has 0 bridgehead atoms. The molecule has 0 saturated heterocycles. The van der Waals surface area contributed by atoms with Crippen molar-refractivity contribution < 1.29 is 24.2 Å². The van der Waals surface area contributed by atoms with E-state index in [0.717, 1.165) is 6.08 Å². The molecule has 0 atom stereocenters. The Kier molecular flexibility index (Phi) is 4.92. The number of aromatic hydroxyl groups is 1. The van der Waals surface area contributed by atoms with Gasteiger partial charge in [0.1, 0.15) is 5.75 Å². The predicted octanol–water partition coefficient (Wildman–Crippen LogP) is 1.45. The van der Waals surface area contributed by atoms with Gasteiger partial charge in [-0.3, -0.25) is 0 Å². The second-order valence-electron chi connectivity index (χ2n) is 3.45. The Bertz CT molecular complexity index is 464. The Morgan fingerprint density at radius 3 is 2.78 bits per heavy atom. The maximum atomic E-state index is 11.5. The van der Waals surface area contributed by atoms with Crippen LogP contribution in [-0.2, 0) is 20.7 Å². The number of phenolic OH excluding ortho intramolecular Hbond substituents is 1. The zero-order valence-electron chi connectivity index (χ0n) is 10.0. The monoisotopic (exact) mass is 250 g/mol. The van der Waals surface area contributed by atoms with Gasteiger partial charge in [0.2, 0.25) is 0 Å². The van der Waals surface area contributed by atoms with Gasteiger partial charge < -0.3 is 14.6 Å². The number of hydrogen-bond acceptors (Lipinski definition) is 5. The zero-order chi connectivity index (χ0) is 13.5. The van der Waals surface area contributed by atoms with Crippen molar-refractivity contribution in [3.05, 3.63) is 42.0 Å². The van der Waals surface area contributed by atoms with Crippen LogP contribution in [0.2, 0.25) is 0 Å². The first kappa shape index (κ1) is 13.8. The minimum Gasteiger partial charge on any atom is -0.508 e. The summed E-state index contributed by atoms with van der Waals surface area (Å²) < 4.78 is 9.43. The zero-order valence-corrected chi connectivity index (χ0v) is 10.0. The van der Waals surface area contributed by atoms with Crippen LogP contribution >= 0.6 is 0 Å². The van der Waals surface area contributed by atoms with Crippen molar-refractivity contribution in [1.82, 2.24) is 0 Å². The molecule has 5 heteroatoms. The number of methoxy groups -OCH3 is 1. The predicted molar refractivity (Wildman–Crippen MR) is 64.3 cm³/mol. The molecule has 96 valence electrons. The fourth-order valence-electron chi connectivity index (χ4n) is 1.40. The highest BCUT2D eigenvalue weighted by Gasteiger charge is 2.12. The molecular weight excluding hydrogens is 236 g/mol. The summed E-state index contributed by atoms with van der Waals surface area (Å²) in [4.78, 5) is 22.3. The van der Waals surface area contributed by atoms with Crippen molar-refractivity contribution in [1.29, 1.82) is 0 Å². The Morgan fingerprint density at radius 1 is 1.44 bits per heavy atom. The number of rotatable bonds is 5. The summed E-state index contributed by atoms with van der Waals surface area (Å²) in [7, 11) is 1.26. The second-order valence-corrected chi connectivity index (χ2v) is 3.45. The standard InChI is InChI=1S/C13H14O5/c1-3-12(15)18-7-6-9-4-5-10(14)8-11(9)13(16)17-2/h3-5,8,14H,1,6-7H2,2H3. The number of esters is 2. The molecule has 0 unspecified atom stereocenters. The van der Waals surface area contributed by atoms with Crippen LogP contribution in [0.25, 0.3) is 0 Å². The summed E-state index contributed by atoms with van der Waals surface area (Å²) in [6.45, 7) is 3.40. The molecule has 0 aliphatic carbocycles. The number of phenols is 1. The molecule has 0 aromatic heterocycles. The van der Waals surface area contributed by atoms with E-state index in [1.165, 1.54) is 19.2 Å². The summed E-state index contributed by atoms with van der Waals surface area (Å²) in [5.74, 6) is -1.09. The molecule has 1 aromatic carbocycles. The highest BCUT2D eigenvalue weighted by Crippen LogP contribution is 2.18. The van der Waals surface area contributed by atoms with E-state index in [1.807, 2.05) is 0 Å². The van der Waals surface area contributed by atoms with Crippen molar-refractivity contribution in [2.45, 2.75) is 6.42 Å². The molecule has 0 aliphatic rings. The fourth-order valence-corrected chi connectivity index (χ4v) is 1.40. The second kappa shape index (κ2) is 6.44. The molecule has 0 saturated carbocycles. The van der Waals surface area contributed by atoms with Gasteiger partial charge in [-0.2, -0.15) is 0 Å². The highest BCUT2D eigenvalue weighted by atomic mass is 16.5. The lowest BCUT2D eigenvalue weighted by Crippen LogP contribution is -2.09. The number of benzene rings is 1. The topological polar surface area (TPSA) is 72.8 Å². The lowest BCUT2D eigenvalue weighted by Gasteiger charge is -2.08. The van der Waals surface area contributed by atoms with Crippen molar-refractivity contribution >= 4 is 11.9 Å². The van der Waals surface area contributed by atoms with Crippen molar-refractivity contribution in [2.24, 2.45) is 0 Å². The molecular formula is C13H14O5. The van der Waals surface area contributed by atoms with Crippen molar-refractivity contribution in [3.8, 4) is 5.75 Å². The lowest BCUT2D eigenvalue weighted by molar-refractivity contribution is -0.137. The molecule has 0 spiro atoms. The minimum atomic E-state index is -0.545. The van der Waals surface area contributed by atoms with Gasteiger partial charge in [0, 0.05) is 12.5 Å². The van der Waals surface area contributed by atoms with Crippen LogP contribution in [0.4, 0.5) is 0 Å². The van der Waals surface area contributed by atoms with E-state index in [4.69, 9.17) is 4.74 Å². The van der Waals surface area contributed by atoms with Crippen LogP contribution in [-0.4, -0.2) is 30.8 Å². The van der Waals surface area contributed by atoms with E-state index in [0.29, 0.717) is 12.0 Å². The Hall–Kier alpha value is -2.30. The Labute approximate surface area is 105 Å². The average Bonchev–Trinajstić information content (AvgIpc) is 2.39. The summed E-state index contributed by atoms with van der Waals surface area (Å²) >= 11 is 0. The van der Waals surface area contributed by atoms with Crippen LogP contribution in [0.15, 0.2) is 30.9 Å². The van der Waals surface area contributed by atoms with Gasteiger partial charge in [-0.05, 0) is 17.7 Å². The maximum absolute atomic E-state index is 11.5. The minimum absolute atomic E-state index is 0.0257. The van der Waals surface area contributed by atoms with Gasteiger partial charge in [-0.1, -0.05) is 12.6 Å². The molecule has 1 N–H and O–H groups in total. The van der Waals surface area contributed by atoms with Crippen LogP contribution in [0.3, 0.4) is 0 Å². The summed E-state index contributed by atoms with van der Waals surface area (Å²) in [6.07, 6.45) is 1.42. The molecule has 1 rings (SSSR count). The molecule has 1 aromatic rings. The summed E-state index contributed by atoms with van der Waals surface area (Å²) in [5, 5.41) is 9.33. The lowest BCUT2D eigenvalue weighted by atomic mass is 10.0. The molecule has 0 radical (unpaired) electrons. The van der Waals surface area contributed by atoms with Crippen LogP contribution in [0, 0.1) is 0 Å².